The second-order valence-corrected chi connectivity index (χ2v) is 8.04. The first-order valence-electron chi connectivity index (χ1n) is 10.9. The molecule has 3 aromatic carbocycles. The van der Waals surface area contributed by atoms with Crippen molar-refractivity contribution in [1.29, 1.82) is 0 Å². The molecule has 0 aliphatic carbocycles. The van der Waals surface area contributed by atoms with E-state index >= 15 is 0 Å². The lowest BCUT2D eigenvalue weighted by Gasteiger charge is -2.26. The summed E-state index contributed by atoms with van der Waals surface area (Å²) in [5, 5.41) is 5.86. The Kier molecular flexibility index (Phi) is 7.18. The third kappa shape index (κ3) is 5.70. The number of alkyl halides is 3. The molecule has 1 aliphatic heterocycles. The van der Waals surface area contributed by atoms with Gasteiger partial charge in [-0.1, -0.05) is 36.4 Å². The number of amides is 1. The van der Waals surface area contributed by atoms with E-state index in [1.54, 1.807) is 42.5 Å². The molecule has 1 heterocycles. The number of halogens is 3. The number of carbonyl (C=O) groups excluding carboxylic acids is 2. The first-order chi connectivity index (χ1) is 16.8. The summed E-state index contributed by atoms with van der Waals surface area (Å²) in [5.74, 6) is 0.130. The summed E-state index contributed by atoms with van der Waals surface area (Å²) in [4.78, 5) is 24.9. The van der Waals surface area contributed by atoms with Crippen LogP contribution in [0.3, 0.4) is 0 Å². The number of fused-ring (bicyclic) bond motifs is 1. The highest BCUT2D eigenvalue weighted by Crippen LogP contribution is 2.34. The first-order valence-corrected chi connectivity index (χ1v) is 10.9. The minimum Gasteiger partial charge on any atom is -0.409 e. The number of benzene rings is 3. The van der Waals surface area contributed by atoms with Crippen LogP contribution in [0, 0.1) is 0 Å². The average Bonchev–Trinajstić information content (AvgIpc) is 2.83. The van der Waals surface area contributed by atoms with Gasteiger partial charge in [-0.25, -0.2) is 4.79 Å². The number of para-hydroxylation sites is 1. The number of carbonyl (C=O) groups is 2. The van der Waals surface area contributed by atoms with Crippen molar-refractivity contribution in [3.05, 3.63) is 83.4 Å². The van der Waals surface area contributed by atoms with Crippen LogP contribution >= 0.6 is 0 Å². The first kappa shape index (κ1) is 24.4. The molecule has 0 saturated heterocycles. The minimum atomic E-state index is -4.43. The molecular weight excluding hydrogens is 461 g/mol. The van der Waals surface area contributed by atoms with Crippen LogP contribution in [0.1, 0.15) is 22.7 Å². The van der Waals surface area contributed by atoms with E-state index in [0.29, 0.717) is 29.8 Å². The molecule has 1 aliphatic rings. The zero-order valence-electron chi connectivity index (χ0n) is 18.8. The van der Waals surface area contributed by atoms with Gasteiger partial charge >= 0.3 is 12.3 Å². The lowest BCUT2D eigenvalue weighted by Crippen LogP contribution is -2.36. The highest BCUT2D eigenvalue weighted by atomic mass is 19.4. The summed E-state index contributed by atoms with van der Waals surface area (Å²) in [5.41, 5.74) is 2.47. The molecule has 9 heteroatoms. The molecule has 0 radical (unpaired) electrons. The second kappa shape index (κ2) is 10.3. The number of rotatable bonds is 6. The van der Waals surface area contributed by atoms with Crippen molar-refractivity contribution >= 4 is 17.6 Å². The van der Waals surface area contributed by atoms with Gasteiger partial charge in [-0.15, -0.1) is 0 Å². The molecule has 1 amide bonds. The Morgan fingerprint density at radius 1 is 1.06 bits per heavy atom. The zero-order chi connectivity index (χ0) is 25.0. The summed E-state index contributed by atoms with van der Waals surface area (Å²) < 4.78 is 49.1. The molecule has 6 nitrogen and oxygen atoms in total. The van der Waals surface area contributed by atoms with Crippen LogP contribution in [0.5, 0.6) is 5.75 Å². The van der Waals surface area contributed by atoms with E-state index in [1.165, 1.54) is 19.2 Å². The number of methoxy groups -OCH3 is 1. The molecule has 0 aromatic heterocycles. The van der Waals surface area contributed by atoms with Gasteiger partial charge in [0, 0.05) is 24.9 Å². The molecule has 4 rings (SSSR count). The van der Waals surface area contributed by atoms with Gasteiger partial charge < -0.3 is 14.8 Å². The summed E-state index contributed by atoms with van der Waals surface area (Å²) in [6, 6.07) is 16.0. The molecule has 0 bridgehead atoms. The van der Waals surface area contributed by atoms with Gasteiger partial charge in [0.25, 0.3) is 0 Å². The number of hydrogen-bond acceptors (Lipinski definition) is 5. The quantitative estimate of drug-likeness (QED) is 0.491. The Morgan fingerprint density at radius 3 is 2.51 bits per heavy atom. The van der Waals surface area contributed by atoms with Gasteiger partial charge in [-0.3, -0.25) is 10.1 Å². The third-order valence-electron chi connectivity index (χ3n) is 5.66. The van der Waals surface area contributed by atoms with Crippen molar-refractivity contribution in [3.8, 4) is 16.9 Å². The van der Waals surface area contributed by atoms with Crippen molar-refractivity contribution < 1.29 is 32.2 Å². The van der Waals surface area contributed by atoms with Crippen LogP contribution in [-0.4, -0.2) is 32.1 Å². The van der Waals surface area contributed by atoms with E-state index in [1.807, 2.05) is 0 Å². The van der Waals surface area contributed by atoms with Crippen LogP contribution in [0.25, 0.3) is 11.1 Å². The van der Waals surface area contributed by atoms with Gasteiger partial charge in [-0.05, 0) is 53.4 Å². The van der Waals surface area contributed by atoms with E-state index in [4.69, 9.17) is 9.47 Å². The summed E-state index contributed by atoms with van der Waals surface area (Å²) >= 11 is 0. The Bertz CT molecular complexity index is 1230. The number of ketones is 1. The monoisotopic (exact) mass is 484 g/mol. The summed E-state index contributed by atoms with van der Waals surface area (Å²) in [6.45, 7) is 0.614. The summed E-state index contributed by atoms with van der Waals surface area (Å²) in [7, 11) is 1.47. The maximum absolute atomic E-state index is 12.9. The number of Topliss-reactive ketones (excluding diaryl/α,β-unsaturated/α-hetero) is 1. The molecule has 1 atom stereocenters. The topological polar surface area (TPSA) is 76.7 Å². The van der Waals surface area contributed by atoms with Gasteiger partial charge in [0.1, 0.15) is 12.4 Å². The fourth-order valence-electron chi connectivity index (χ4n) is 4.03. The maximum atomic E-state index is 12.9. The Hall–Kier alpha value is -3.69. The van der Waals surface area contributed by atoms with Crippen LogP contribution in [0.15, 0.2) is 66.7 Å². The molecular formula is C26H23F3N2O4. The fourth-order valence-corrected chi connectivity index (χ4v) is 4.03. The number of ether oxygens (including phenoxy) is 2. The van der Waals surface area contributed by atoms with Gasteiger partial charge in [0.15, 0.2) is 5.78 Å². The highest BCUT2D eigenvalue weighted by molar-refractivity contribution is 5.89. The lowest BCUT2D eigenvalue weighted by atomic mass is 9.91. The third-order valence-corrected chi connectivity index (χ3v) is 5.66. The fraction of sp³-hybridized carbons (Fsp3) is 0.231. The smallest absolute Gasteiger partial charge is 0.409 e. The van der Waals surface area contributed by atoms with Crippen molar-refractivity contribution in [3.63, 3.8) is 0 Å². The second-order valence-electron chi connectivity index (χ2n) is 8.04. The van der Waals surface area contributed by atoms with Gasteiger partial charge in [0.05, 0.1) is 11.6 Å². The van der Waals surface area contributed by atoms with Gasteiger partial charge in [-0.2, -0.15) is 13.2 Å². The normalized spacial score (nSPS) is 15.3. The molecule has 182 valence electrons. The zero-order valence-corrected chi connectivity index (χ0v) is 18.8. The molecule has 2 N–H and O–H groups in total. The molecule has 1 unspecified atom stereocenters. The molecule has 0 saturated carbocycles. The molecule has 3 aromatic rings. The number of anilines is 1. The summed E-state index contributed by atoms with van der Waals surface area (Å²) in [6.07, 6.45) is -4.49. The number of nitrogens with one attached hydrogen (secondary N) is 2. The Labute approximate surface area is 200 Å². The van der Waals surface area contributed by atoms with Crippen LogP contribution in [-0.2, 0) is 22.1 Å². The van der Waals surface area contributed by atoms with Gasteiger partial charge in [0.2, 0.25) is 0 Å². The van der Waals surface area contributed by atoms with Crippen molar-refractivity contribution in [2.24, 2.45) is 0 Å². The van der Waals surface area contributed by atoms with Crippen molar-refractivity contribution in [2.45, 2.75) is 18.6 Å². The number of hydrogen-bond donors (Lipinski definition) is 2. The van der Waals surface area contributed by atoms with Crippen molar-refractivity contribution in [2.75, 3.05) is 25.6 Å². The van der Waals surface area contributed by atoms with Crippen molar-refractivity contribution in [1.82, 2.24) is 5.32 Å². The highest BCUT2D eigenvalue weighted by Gasteiger charge is 2.30. The SMILES string of the molecule is COCC(=O)C1NCCc2cc(NC(=O)Oc3ccccc3-c3ccc(C(F)(F)F)cc3)ccc21. The lowest BCUT2D eigenvalue weighted by molar-refractivity contribution is -0.137. The van der Waals surface area contributed by atoms with E-state index < -0.39 is 23.9 Å². The van der Waals surface area contributed by atoms with Crippen LogP contribution in [0.4, 0.5) is 23.7 Å². The Morgan fingerprint density at radius 2 is 1.80 bits per heavy atom. The molecule has 35 heavy (non-hydrogen) atoms. The van der Waals surface area contributed by atoms with E-state index in [9.17, 15) is 22.8 Å². The maximum Gasteiger partial charge on any atom is 0.417 e. The van der Waals surface area contributed by atoms with Crippen LogP contribution in [0.2, 0.25) is 0 Å². The molecule has 0 spiro atoms. The molecule has 0 fully saturated rings. The van der Waals surface area contributed by atoms with E-state index in [0.717, 1.165) is 23.3 Å². The van der Waals surface area contributed by atoms with E-state index in [-0.39, 0.29) is 18.1 Å². The average molecular weight is 484 g/mol. The standard InChI is InChI=1S/C26H23F3N2O4/c1-34-15-22(32)24-21-11-10-19(14-17(21)12-13-30-24)31-25(33)35-23-5-3-2-4-20(23)16-6-8-18(9-7-16)26(27,28)29/h2-11,14,24,30H,12-13,15H2,1H3,(H,31,33). The van der Waals surface area contributed by atoms with Crippen LogP contribution < -0.4 is 15.4 Å². The minimum absolute atomic E-state index is 0.00176. The predicted molar refractivity (Wildman–Crippen MR) is 124 cm³/mol. The van der Waals surface area contributed by atoms with E-state index in [2.05, 4.69) is 10.6 Å². The predicted octanol–water partition coefficient (Wildman–Crippen LogP) is 5.39. The largest absolute Gasteiger partial charge is 0.417 e. The Balaban J connectivity index is 1.49.